The number of amides is 1. The molecule has 2 aromatic carbocycles. The molecular weight excluding hydrogens is 429 g/mol. The Bertz CT molecular complexity index is 1350. The number of hydrogen-bond acceptors (Lipinski definition) is 5. The molecule has 30 heavy (non-hydrogen) atoms. The van der Waals surface area contributed by atoms with E-state index in [2.05, 4.69) is 22.1 Å². The van der Waals surface area contributed by atoms with Crippen LogP contribution in [-0.2, 0) is 11.3 Å². The van der Waals surface area contributed by atoms with Crippen molar-refractivity contribution in [2.24, 2.45) is 0 Å². The van der Waals surface area contributed by atoms with E-state index in [1.807, 2.05) is 6.07 Å². The Kier molecular flexibility index (Phi) is 5.56. The summed E-state index contributed by atoms with van der Waals surface area (Å²) < 4.78 is 16.4. The number of aromatic nitrogens is 4. The largest absolute Gasteiger partial charge is 0.324 e. The lowest BCUT2D eigenvalue weighted by Crippen LogP contribution is -2.22. The van der Waals surface area contributed by atoms with Gasteiger partial charge in [0.25, 0.3) is 5.56 Å². The van der Waals surface area contributed by atoms with Crippen LogP contribution in [0.1, 0.15) is 0 Å². The third-order valence-corrected chi connectivity index (χ3v) is 5.57. The molecule has 1 N–H and O–H groups in total. The fourth-order valence-corrected chi connectivity index (χ4v) is 3.98. The average molecular weight is 444 g/mol. The summed E-state index contributed by atoms with van der Waals surface area (Å²) in [5.74, 6) is -0.444. The number of carbonyl (C=O) groups excluding carboxylic acids is 1. The van der Waals surface area contributed by atoms with Crippen molar-refractivity contribution in [1.82, 2.24) is 19.2 Å². The maximum absolute atomic E-state index is 13.2. The van der Waals surface area contributed by atoms with Gasteiger partial charge in [-0.2, -0.15) is 0 Å². The Morgan fingerprint density at radius 1 is 1.27 bits per heavy atom. The van der Waals surface area contributed by atoms with E-state index in [1.54, 1.807) is 28.7 Å². The van der Waals surface area contributed by atoms with E-state index >= 15 is 0 Å². The first kappa shape index (κ1) is 20.1. The molecule has 0 bridgehead atoms. The monoisotopic (exact) mass is 443 g/mol. The SMILES string of the molecule is C=CCn1c(=O)c2ccccc2n2c(SCC(=O)Nc3ccc(F)cc3Cl)nnc12. The minimum absolute atomic E-state index is 0.0173. The first-order valence-corrected chi connectivity index (χ1v) is 10.2. The van der Waals surface area contributed by atoms with Gasteiger partial charge in [0.1, 0.15) is 5.82 Å². The van der Waals surface area contributed by atoms with E-state index < -0.39 is 5.82 Å². The van der Waals surface area contributed by atoms with Gasteiger partial charge in [-0.1, -0.05) is 41.6 Å². The maximum Gasteiger partial charge on any atom is 0.263 e. The predicted octanol–water partition coefficient (Wildman–Crippen LogP) is 3.75. The summed E-state index contributed by atoms with van der Waals surface area (Å²) in [6.45, 7) is 3.97. The number of para-hydroxylation sites is 1. The van der Waals surface area contributed by atoms with Crippen LogP contribution in [0.15, 0.2) is 65.1 Å². The zero-order valence-corrected chi connectivity index (χ0v) is 17.1. The Balaban J connectivity index is 1.66. The number of rotatable bonds is 6. The highest BCUT2D eigenvalue weighted by molar-refractivity contribution is 7.99. The van der Waals surface area contributed by atoms with E-state index in [1.165, 1.54) is 16.7 Å². The Labute approximate surface area is 179 Å². The number of thioether (sulfide) groups is 1. The summed E-state index contributed by atoms with van der Waals surface area (Å²) in [4.78, 5) is 25.1. The molecule has 7 nitrogen and oxygen atoms in total. The highest BCUT2D eigenvalue weighted by Gasteiger charge is 2.17. The van der Waals surface area contributed by atoms with Crippen molar-refractivity contribution in [1.29, 1.82) is 0 Å². The summed E-state index contributed by atoms with van der Waals surface area (Å²) in [6.07, 6.45) is 1.61. The smallest absolute Gasteiger partial charge is 0.263 e. The lowest BCUT2D eigenvalue weighted by molar-refractivity contribution is -0.113. The zero-order valence-electron chi connectivity index (χ0n) is 15.5. The highest BCUT2D eigenvalue weighted by Crippen LogP contribution is 2.24. The number of allylic oxidation sites excluding steroid dienone is 1. The molecule has 0 aliphatic heterocycles. The molecule has 152 valence electrons. The van der Waals surface area contributed by atoms with Gasteiger partial charge in [0.05, 0.1) is 27.4 Å². The predicted molar refractivity (Wildman–Crippen MR) is 116 cm³/mol. The number of anilines is 1. The molecule has 0 fully saturated rings. The molecular formula is C20H15ClFN5O2S. The standard InChI is InChI=1S/C20H15ClFN5O2S/c1-2-9-26-18(29)13-5-3-4-6-16(13)27-19(26)24-25-20(27)30-11-17(28)23-15-8-7-12(22)10-14(15)21/h2-8,10H,1,9,11H2,(H,23,28). The zero-order chi connectivity index (χ0) is 21.3. The van der Waals surface area contributed by atoms with Gasteiger partial charge in [-0.05, 0) is 30.3 Å². The number of fused-ring (bicyclic) bond motifs is 3. The average Bonchev–Trinajstić information content (AvgIpc) is 3.16. The lowest BCUT2D eigenvalue weighted by atomic mass is 10.2. The molecule has 2 aromatic heterocycles. The molecule has 4 rings (SSSR count). The first-order chi connectivity index (χ1) is 14.5. The summed E-state index contributed by atoms with van der Waals surface area (Å²) >= 11 is 7.11. The Morgan fingerprint density at radius 2 is 2.07 bits per heavy atom. The second-order valence-electron chi connectivity index (χ2n) is 6.30. The number of hydrogen-bond donors (Lipinski definition) is 1. The van der Waals surface area contributed by atoms with Gasteiger partial charge in [0, 0.05) is 6.54 Å². The molecule has 0 aliphatic carbocycles. The Morgan fingerprint density at radius 3 is 2.83 bits per heavy atom. The first-order valence-electron chi connectivity index (χ1n) is 8.85. The van der Waals surface area contributed by atoms with Crippen molar-refractivity contribution >= 4 is 51.6 Å². The van der Waals surface area contributed by atoms with Gasteiger partial charge >= 0.3 is 0 Å². The molecule has 0 unspecified atom stereocenters. The second-order valence-corrected chi connectivity index (χ2v) is 7.65. The summed E-state index contributed by atoms with van der Waals surface area (Å²) in [5.41, 5.74) is 0.776. The lowest BCUT2D eigenvalue weighted by Gasteiger charge is -2.10. The summed E-state index contributed by atoms with van der Waals surface area (Å²) in [6, 6.07) is 10.9. The van der Waals surface area contributed by atoms with E-state index in [0.29, 0.717) is 27.5 Å². The number of benzene rings is 2. The van der Waals surface area contributed by atoms with Gasteiger partial charge in [-0.15, -0.1) is 16.8 Å². The van der Waals surface area contributed by atoms with E-state index in [-0.39, 0.29) is 28.8 Å². The molecule has 0 spiro atoms. The van der Waals surface area contributed by atoms with Crippen molar-refractivity contribution in [3.05, 3.63) is 76.3 Å². The molecule has 0 saturated carbocycles. The number of nitrogens with zero attached hydrogens (tertiary/aromatic N) is 4. The normalized spacial score (nSPS) is 11.1. The van der Waals surface area contributed by atoms with Gasteiger partial charge in [-0.3, -0.25) is 18.6 Å². The number of carbonyl (C=O) groups is 1. The van der Waals surface area contributed by atoms with Crippen LogP contribution < -0.4 is 10.9 Å². The third kappa shape index (κ3) is 3.69. The van der Waals surface area contributed by atoms with Gasteiger partial charge in [-0.25, -0.2) is 4.39 Å². The molecule has 0 radical (unpaired) electrons. The van der Waals surface area contributed by atoms with Gasteiger partial charge in [0.15, 0.2) is 5.16 Å². The van der Waals surface area contributed by atoms with Crippen molar-refractivity contribution in [3.63, 3.8) is 0 Å². The Hall–Kier alpha value is -3.17. The van der Waals surface area contributed by atoms with Crippen LogP contribution in [0, 0.1) is 5.82 Å². The molecule has 1 amide bonds. The van der Waals surface area contributed by atoms with E-state index in [9.17, 15) is 14.0 Å². The van der Waals surface area contributed by atoms with Crippen LogP contribution in [0.25, 0.3) is 16.7 Å². The maximum atomic E-state index is 13.2. The van der Waals surface area contributed by atoms with Gasteiger partial charge in [0.2, 0.25) is 11.7 Å². The molecule has 4 aromatic rings. The number of nitrogens with one attached hydrogen (secondary N) is 1. The van der Waals surface area contributed by atoms with Crippen LogP contribution in [0.3, 0.4) is 0 Å². The second kappa shape index (κ2) is 8.29. The minimum atomic E-state index is -0.486. The van der Waals surface area contributed by atoms with Gasteiger partial charge < -0.3 is 5.32 Å². The molecule has 0 saturated heterocycles. The number of halogens is 2. The van der Waals surface area contributed by atoms with E-state index in [0.717, 1.165) is 17.8 Å². The van der Waals surface area contributed by atoms with Crippen molar-refractivity contribution in [2.75, 3.05) is 11.1 Å². The summed E-state index contributed by atoms with van der Waals surface area (Å²) in [7, 11) is 0. The summed E-state index contributed by atoms with van der Waals surface area (Å²) in [5, 5.41) is 12.0. The van der Waals surface area contributed by atoms with Crippen LogP contribution in [0.2, 0.25) is 5.02 Å². The highest BCUT2D eigenvalue weighted by atomic mass is 35.5. The molecule has 2 heterocycles. The fourth-order valence-electron chi connectivity index (χ4n) is 3.03. The fraction of sp³-hybridized carbons (Fsp3) is 0.100. The third-order valence-electron chi connectivity index (χ3n) is 4.33. The van der Waals surface area contributed by atoms with Crippen molar-refractivity contribution in [3.8, 4) is 0 Å². The quantitative estimate of drug-likeness (QED) is 0.362. The van der Waals surface area contributed by atoms with E-state index in [4.69, 9.17) is 11.6 Å². The van der Waals surface area contributed by atoms with Crippen LogP contribution in [-0.4, -0.2) is 30.8 Å². The molecule has 0 atom stereocenters. The van der Waals surface area contributed by atoms with Crippen LogP contribution in [0.5, 0.6) is 0 Å². The molecule has 0 aliphatic rings. The van der Waals surface area contributed by atoms with Crippen LogP contribution in [0.4, 0.5) is 10.1 Å². The minimum Gasteiger partial charge on any atom is -0.324 e. The van der Waals surface area contributed by atoms with Crippen molar-refractivity contribution in [2.45, 2.75) is 11.7 Å². The van der Waals surface area contributed by atoms with Crippen molar-refractivity contribution < 1.29 is 9.18 Å². The topological polar surface area (TPSA) is 81.3 Å². The van der Waals surface area contributed by atoms with Crippen LogP contribution >= 0.6 is 23.4 Å². The molecule has 10 heteroatoms.